The van der Waals surface area contributed by atoms with Crippen LogP contribution in [0.15, 0.2) is 71.1 Å². The smallest absolute Gasteiger partial charge is 0.257 e. The molecular weight excluding hydrogens is 401 g/mol. The number of carbonyl (C=O) groups is 1. The predicted octanol–water partition coefficient (Wildman–Crippen LogP) is 4.40. The van der Waals surface area contributed by atoms with Crippen LogP contribution >= 0.6 is 11.8 Å². The first-order valence-corrected chi connectivity index (χ1v) is 10.5. The largest absolute Gasteiger partial charge is 0.310 e. The van der Waals surface area contributed by atoms with Crippen molar-refractivity contribution in [2.45, 2.75) is 29.7 Å². The molecule has 1 atom stereocenters. The molecule has 5 nitrogen and oxygen atoms in total. The highest BCUT2D eigenvalue weighted by Gasteiger charge is 2.31. The number of nitrogens with one attached hydrogen (secondary N) is 2. The molecule has 7 heteroatoms. The van der Waals surface area contributed by atoms with Gasteiger partial charge in [-0.3, -0.25) is 9.59 Å². The zero-order valence-corrected chi connectivity index (χ0v) is 17.0. The van der Waals surface area contributed by atoms with Crippen LogP contribution < -0.4 is 10.9 Å². The van der Waals surface area contributed by atoms with Gasteiger partial charge in [0.25, 0.3) is 5.56 Å². The highest BCUT2D eigenvalue weighted by atomic mass is 32.2. The summed E-state index contributed by atoms with van der Waals surface area (Å²) in [6.07, 6.45) is 2.76. The molecule has 2 aromatic carbocycles. The van der Waals surface area contributed by atoms with Crippen molar-refractivity contribution in [3.8, 4) is 0 Å². The van der Waals surface area contributed by atoms with Crippen molar-refractivity contribution in [1.82, 2.24) is 9.97 Å². The third kappa shape index (κ3) is 4.21. The SMILES string of the molecule is C=CCc1ccc(C2CC(=O)Nc3nc(SCc4ccccc4F)[nH]c(=O)c32)cc1. The lowest BCUT2D eigenvalue weighted by Crippen LogP contribution is -2.31. The minimum absolute atomic E-state index is 0.181. The number of thioether (sulfide) groups is 1. The van der Waals surface area contributed by atoms with Crippen molar-refractivity contribution in [1.29, 1.82) is 0 Å². The van der Waals surface area contributed by atoms with Crippen LogP contribution in [0.25, 0.3) is 0 Å². The fourth-order valence-corrected chi connectivity index (χ4v) is 4.36. The summed E-state index contributed by atoms with van der Waals surface area (Å²) < 4.78 is 13.8. The van der Waals surface area contributed by atoms with Gasteiger partial charge in [0.2, 0.25) is 5.91 Å². The maximum atomic E-state index is 13.8. The molecule has 1 aromatic heterocycles. The Morgan fingerprint density at radius 3 is 2.67 bits per heavy atom. The molecular formula is C23H20FN3O2S. The Labute approximate surface area is 177 Å². The van der Waals surface area contributed by atoms with Gasteiger partial charge in [-0.25, -0.2) is 9.37 Å². The number of hydrogen-bond acceptors (Lipinski definition) is 4. The second-order valence-corrected chi connectivity index (χ2v) is 8.02. The van der Waals surface area contributed by atoms with Crippen LogP contribution in [-0.4, -0.2) is 15.9 Å². The molecule has 1 aliphatic heterocycles. The van der Waals surface area contributed by atoms with E-state index in [0.29, 0.717) is 22.0 Å². The van der Waals surface area contributed by atoms with E-state index in [1.54, 1.807) is 18.2 Å². The van der Waals surface area contributed by atoms with Crippen LogP contribution in [-0.2, 0) is 17.0 Å². The number of aromatic nitrogens is 2. The number of H-pyrrole nitrogens is 1. The average molecular weight is 421 g/mol. The van der Waals surface area contributed by atoms with Crippen molar-refractivity contribution >= 4 is 23.5 Å². The Kier molecular flexibility index (Phi) is 5.81. The number of halogens is 1. The Balaban J connectivity index is 1.63. The summed E-state index contributed by atoms with van der Waals surface area (Å²) in [6.45, 7) is 3.74. The number of rotatable bonds is 6. The molecule has 0 aliphatic carbocycles. The monoisotopic (exact) mass is 421 g/mol. The number of nitrogens with zero attached hydrogens (tertiary/aromatic N) is 1. The molecule has 0 fully saturated rings. The normalized spacial score (nSPS) is 15.4. The first kappa shape index (κ1) is 20.1. The molecule has 1 amide bonds. The van der Waals surface area contributed by atoms with Gasteiger partial charge in [-0.05, 0) is 29.2 Å². The van der Waals surface area contributed by atoms with E-state index < -0.39 is 0 Å². The van der Waals surface area contributed by atoms with Crippen molar-refractivity contribution in [2.24, 2.45) is 0 Å². The molecule has 1 aliphatic rings. The summed E-state index contributed by atoms with van der Waals surface area (Å²) >= 11 is 1.21. The standard InChI is InChI=1S/C23H20FN3O2S/c1-2-5-14-8-10-15(11-9-14)17-12-19(28)25-21-20(17)22(29)27-23(26-21)30-13-16-6-3-4-7-18(16)24/h2-4,6-11,17H,1,5,12-13H2,(H2,25,26,27,28,29). The number of amides is 1. The molecule has 152 valence electrons. The van der Waals surface area contributed by atoms with Crippen LogP contribution in [0.4, 0.5) is 10.2 Å². The summed E-state index contributed by atoms with van der Waals surface area (Å²) in [5, 5.41) is 3.05. The van der Waals surface area contributed by atoms with Crippen molar-refractivity contribution < 1.29 is 9.18 Å². The minimum atomic E-state index is -0.367. The van der Waals surface area contributed by atoms with Crippen LogP contribution in [0.3, 0.4) is 0 Å². The minimum Gasteiger partial charge on any atom is -0.310 e. The summed E-state index contributed by atoms with van der Waals surface area (Å²) in [5.41, 5.74) is 2.67. The zero-order valence-electron chi connectivity index (χ0n) is 16.2. The fourth-order valence-electron chi connectivity index (χ4n) is 3.52. The van der Waals surface area contributed by atoms with Gasteiger partial charge >= 0.3 is 0 Å². The van der Waals surface area contributed by atoms with Crippen LogP contribution in [0, 0.1) is 5.82 Å². The number of carbonyl (C=O) groups excluding carboxylic acids is 1. The topological polar surface area (TPSA) is 74.8 Å². The van der Waals surface area contributed by atoms with E-state index in [9.17, 15) is 14.0 Å². The Hall–Kier alpha value is -3.19. The third-order valence-electron chi connectivity index (χ3n) is 5.01. The molecule has 0 radical (unpaired) electrons. The Morgan fingerprint density at radius 2 is 1.93 bits per heavy atom. The predicted molar refractivity (Wildman–Crippen MR) is 116 cm³/mol. The van der Waals surface area contributed by atoms with Gasteiger partial charge in [0.05, 0.1) is 5.56 Å². The van der Waals surface area contributed by atoms with Crippen LogP contribution in [0.1, 0.15) is 34.6 Å². The molecule has 2 heterocycles. The molecule has 0 saturated heterocycles. The summed E-state index contributed by atoms with van der Waals surface area (Å²) in [5.74, 6) is -0.278. The first-order valence-electron chi connectivity index (χ1n) is 9.55. The van der Waals surface area contributed by atoms with E-state index in [0.717, 1.165) is 17.5 Å². The quantitative estimate of drug-likeness (QED) is 0.351. The van der Waals surface area contributed by atoms with Crippen molar-refractivity contribution in [2.75, 3.05) is 5.32 Å². The summed E-state index contributed by atoms with van der Waals surface area (Å²) in [7, 11) is 0. The first-order chi connectivity index (χ1) is 14.5. The number of allylic oxidation sites excluding steroid dienone is 1. The highest BCUT2D eigenvalue weighted by molar-refractivity contribution is 7.98. The van der Waals surface area contributed by atoms with Gasteiger partial charge in [-0.1, -0.05) is 60.3 Å². The highest BCUT2D eigenvalue weighted by Crippen LogP contribution is 2.35. The van der Waals surface area contributed by atoms with Crippen LogP contribution in [0.5, 0.6) is 0 Å². The Bertz CT molecular complexity index is 1160. The fraction of sp³-hybridized carbons (Fsp3) is 0.174. The second kappa shape index (κ2) is 8.67. The molecule has 0 spiro atoms. The van der Waals surface area contributed by atoms with Gasteiger partial charge in [0.15, 0.2) is 5.16 Å². The number of benzene rings is 2. The molecule has 30 heavy (non-hydrogen) atoms. The molecule has 1 unspecified atom stereocenters. The van der Waals surface area contributed by atoms with E-state index in [1.165, 1.54) is 17.8 Å². The van der Waals surface area contributed by atoms with Gasteiger partial charge < -0.3 is 10.3 Å². The third-order valence-corrected chi connectivity index (χ3v) is 5.94. The van der Waals surface area contributed by atoms with Crippen molar-refractivity contribution in [3.05, 3.63) is 99.6 Å². The van der Waals surface area contributed by atoms with E-state index in [4.69, 9.17) is 0 Å². The number of anilines is 1. The van der Waals surface area contributed by atoms with E-state index in [-0.39, 0.29) is 35.4 Å². The second-order valence-electron chi connectivity index (χ2n) is 7.05. The maximum absolute atomic E-state index is 13.8. The summed E-state index contributed by atoms with van der Waals surface area (Å²) in [6, 6.07) is 14.3. The maximum Gasteiger partial charge on any atom is 0.257 e. The number of aromatic amines is 1. The van der Waals surface area contributed by atoms with E-state index >= 15 is 0 Å². The van der Waals surface area contributed by atoms with Gasteiger partial charge in [0, 0.05) is 18.1 Å². The van der Waals surface area contributed by atoms with Crippen molar-refractivity contribution in [3.63, 3.8) is 0 Å². The lowest BCUT2D eigenvalue weighted by Gasteiger charge is -2.24. The Morgan fingerprint density at radius 1 is 1.17 bits per heavy atom. The molecule has 0 bridgehead atoms. The van der Waals surface area contributed by atoms with Gasteiger partial charge in [0.1, 0.15) is 11.6 Å². The number of hydrogen-bond donors (Lipinski definition) is 2. The average Bonchev–Trinajstić information content (AvgIpc) is 2.73. The zero-order chi connectivity index (χ0) is 21.1. The molecule has 4 rings (SSSR count). The lowest BCUT2D eigenvalue weighted by molar-refractivity contribution is -0.116. The summed E-state index contributed by atoms with van der Waals surface area (Å²) in [4.78, 5) is 32.4. The van der Waals surface area contributed by atoms with E-state index in [1.807, 2.05) is 30.3 Å². The van der Waals surface area contributed by atoms with Gasteiger partial charge in [-0.2, -0.15) is 0 Å². The lowest BCUT2D eigenvalue weighted by atomic mass is 9.86. The molecule has 2 N–H and O–H groups in total. The molecule has 3 aromatic rings. The number of fused-ring (bicyclic) bond motifs is 1. The molecule has 0 saturated carbocycles. The van der Waals surface area contributed by atoms with Crippen LogP contribution in [0.2, 0.25) is 0 Å². The van der Waals surface area contributed by atoms with E-state index in [2.05, 4.69) is 21.9 Å². The van der Waals surface area contributed by atoms with Gasteiger partial charge in [-0.15, -0.1) is 6.58 Å².